The Labute approximate surface area is 203 Å². The van der Waals surface area contributed by atoms with Gasteiger partial charge in [-0.25, -0.2) is 19.3 Å². The van der Waals surface area contributed by atoms with Gasteiger partial charge in [0.2, 0.25) is 5.95 Å². The Bertz CT molecular complexity index is 1210. The predicted molar refractivity (Wildman–Crippen MR) is 131 cm³/mol. The molecule has 184 valence electrons. The maximum absolute atomic E-state index is 14.5. The molecule has 0 spiro atoms. The van der Waals surface area contributed by atoms with Gasteiger partial charge in [-0.3, -0.25) is 4.79 Å². The molecule has 0 aromatic carbocycles. The van der Waals surface area contributed by atoms with Crippen LogP contribution in [0.25, 0.3) is 11.4 Å². The monoisotopic (exact) mass is 479 g/mol. The molecule has 0 radical (unpaired) electrons. The third-order valence-corrected chi connectivity index (χ3v) is 6.56. The van der Waals surface area contributed by atoms with E-state index in [1.54, 1.807) is 12.3 Å². The fraction of sp³-hybridized carbons (Fsp3) is 0.440. The van der Waals surface area contributed by atoms with Gasteiger partial charge in [-0.15, -0.1) is 0 Å². The lowest BCUT2D eigenvalue weighted by atomic mass is 9.86. The molecule has 1 saturated heterocycles. The van der Waals surface area contributed by atoms with E-state index in [2.05, 4.69) is 35.5 Å². The lowest BCUT2D eigenvalue weighted by Crippen LogP contribution is -2.36. The highest BCUT2D eigenvalue weighted by atomic mass is 19.1. The van der Waals surface area contributed by atoms with E-state index < -0.39 is 11.4 Å². The highest BCUT2D eigenvalue weighted by molar-refractivity contribution is 5.97. The fourth-order valence-corrected chi connectivity index (χ4v) is 4.90. The van der Waals surface area contributed by atoms with Crippen LogP contribution in [0.1, 0.15) is 49.2 Å². The van der Waals surface area contributed by atoms with E-state index in [4.69, 9.17) is 0 Å². The van der Waals surface area contributed by atoms with Crippen LogP contribution in [0.5, 0.6) is 0 Å². The fourth-order valence-electron chi connectivity index (χ4n) is 4.90. The van der Waals surface area contributed by atoms with Crippen LogP contribution < -0.4 is 15.5 Å². The quantitative estimate of drug-likeness (QED) is 0.428. The van der Waals surface area contributed by atoms with Crippen molar-refractivity contribution in [2.75, 3.05) is 29.9 Å². The molecule has 35 heavy (non-hydrogen) atoms. The topological polar surface area (TPSA) is 119 Å². The van der Waals surface area contributed by atoms with Crippen molar-refractivity contribution in [1.29, 1.82) is 0 Å². The van der Waals surface area contributed by atoms with E-state index >= 15 is 0 Å². The lowest BCUT2D eigenvalue weighted by molar-refractivity contribution is 0.0482. The summed E-state index contributed by atoms with van der Waals surface area (Å²) < 4.78 is 14.5. The highest BCUT2D eigenvalue weighted by Gasteiger charge is 2.25. The van der Waals surface area contributed by atoms with Crippen LogP contribution >= 0.6 is 0 Å². The molecule has 4 N–H and O–H groups in total. The average Bonchev–Trinajstić information content (AvgIpc) is 3.26. The standard InChI is InChI=1S/C25H30FN7O2/c1-25(2,35)12-15-6-9-33(10-7-15)16-3-4-21(28-13-16)31-24-29-14-18(26)22(32-24)20-11-17-19(30-20)5-8-27-23(17)34/h3-4,11,13-15,30,35H,5-10,12H2,1-2H3,(H,27,34)(H,28,29,31,32). The molecule has 0 bridgehead atoms. The molecule has 3 aromatic heterocycles. The van der Waals surface area contributed by atoms with E-state index in [9.17, 15) is 14.3 Å². The number of aliphatic hydroxyl groups is 1. The van der Waals surface area contributed by atoms with Crippen LogP contribution in [-0.4, -0.2) is 56.2 Å². The second-order valence-corrected chi connectivity index (χ2v) is 9.94. The summed E-state index contributed by atoms with van der Waals surface area (Å²) in [6, 6.07) is 5.47. The number of nitrogens with zero attached hydrogens (tertiary/aromatic N) is 4. The Hall–Kier alpha value is -3.53. The number of amides is 1. The van der Waals surface area contributed by atoms with Gasteiger partial charge in [-0.05, 0) is 57.2 Å². The Morgan fingerprint density at radius 2 is 2.03 bits per heavy atom. The molecular formula is C25H30FN7O2. The smallest absolute Gasteiger partial charge is 0.253 e. The summed E-state index contributed by atoms with van der Waals surface area (Å²) >= 11 is 0. The molecule has 1 amide bonds. The Morgan fingerprint density at radius 3 is 2.71 bits per heavy atom. The van der Waals surface area contributed by atoms with Crippen LogP contribution in [0, 0.1) is 11.7 Å². The number of aromatic amines is 1. The van der Waals surface area contributed by atoms with Crippen molar-refractivity contribution in [2.45, 2.75) is 45.1 Å². The van der Waals surface area contributed by atoms with Crippen LogP contribution in [0.2, 0.25) is 0 Å². The average molecular weight is 480 g/mol. The minimum absolute atomic E-state index is 0.0928. The number of halogens is 1. The Kier molecular flexibility index (Phi) is 6.14. The first-order valence-electron chi connectivity index (χ1n) is 12.0. The first-order valence-corrected chi connectivity index (χ1v) is 12.0. The summed E-state index contributed by atoms with van der Waals surface area (Å²) in [5, 5.41) is 15.9. The molecule has 2 aliphatic heterocycles. The predicted octanol–water partition coefficient (Wildman–Crippen LogP) is 3.41. The molecule has 3 aromatic rings. The molecule has 0 unspecified atom stereocenters. The summed E-state index contributed by atoms with van der Waals surface area (Å²) in [6.45, 7) is 6.14. The second kappa shape index (κ2) is 9.26. The molecule has 1 fully saturated rings. The summed E-state index contributed by atoms with van der Waals surface area (Å²) in [7, 11) is 0. The van der Waals surface area contributed by atoms with Gasteiger partial charge in [0.05, 0.1) is 34.9 Å². The third kappa shape index (κ3) is 5.27. The number of fused-ring (bicyclic) bond motifs is 1. The van der Waals surface area contributed by atoms with Gasteiger partial charge >= 0.3 is 0 Å². The van der Waals surface area contributed by atoms with Gasteiger partial charge in [0.1, 0.15) is 11.5 Å². The largest absolute Gasteiger partial charge is 0.390 e. The molecule has 9 nitrogen and oxygen atoms in total. The van der Waals surface area contributed by atoms with Gasteiger partial charge in [0.15, 0.2) is 5.82 Å². The zero-order valence-electron chi connectivity index (χ0n) is 19.9. The Morgan fingerprint density at radius 1 is 1.23 bits per heavy atom. The van der Waals surface area contributed by atoms with Crippen LogP contribution in [0.3, 0.4) is 0 Å². The molecule has 0 aliphatic carbocycles. The van der Waals surface area contributed by atoms with Crippen LogP contribution in [0.4, 0.5) is 21.8 Å². The van der Waals surface area contributed by atoms with Crippen LogP contribution in [-0.2, 0) is 6.42 Å². The summed E-state index contributed by atoms with van der Waals surface area (Å²) in [5.74, 6) is 0.544. The zero-order valence-corrected chi connectivity index (χ0v) is 19.9. The SMILES string of the molecule is CC(C)(O)CC1CCN(c2ccc(Nc3ncc(F)c(-c4cc5c([nH]4)CCNC5=O)n3)nc2)CC1. The van der Waals surface area contributed by atoms with Gasteiger partial charge < -0.3 is 25.6 Å². The van der Waals surface area contributed by atoms with Gasteiger partial charge in [-0.2, -0.15) is 0 Å². The van der Waals surface area contributed by atoms with Crippen molar-refractivity contribution in [3.05, 3.63) is 47.7 Å². The normalized spacial score (nSPS) is 16.7. The van der Waals surface area contributed by atoms with Crippen LogP contribution in [0.15, 0.2) is 30.6 Å². The number of H-pyrrole nitrogens is 1. The highest BCUT2D eigenvalue weighted by Crippen LogP contribution is 2.29. The number of carbonyl (C=O) groups excluding carboxylic acids is 1. The van der Waals surface area contributed by atoms with E-state index in [0.717, 1.165) is 49.9 Å². The molecule has 5 heterocycles. The van der Waals surface area contributed by atoms with Gasteiger partial charge in [0, 0.05) is 31.7 Å². The van der Waals surface area contributed by atoms with Gasteiger partial charge in [-0.1, -0.05) is 0 Å². The molecule has 0 saturated carbocycles. The summed E-state index contributed by atoms with van der Waals surface area (Å²) in [4.78, 5) is 30.3. The van der Waals surface area contributed by atoms with Crippen molar-refractivity contribution in [1.82, 2.24) is 25.3 Å². The molecule has 10 heteroatoms. The minimum atomic E-state index is -0.626. The van der Waals surface area contributed by atoms with E-state index in [1.807, 2.05) is 26.0 Å². The van der Waals surface area contributed by atoms with Crippen molar-refractivity contribution < 1.29 is 14.3 Å². The number of hydrogen-bond acceptors (Lipinski definition) is 7. The number of anilines is 3. The maximum Gasteiger partial charge on any atom is 0.253 e. The van der Waals surface area contributed by atoms with E-state index in [-0.39, 0.29) is 17.5 Å². The van der Waals surface area contributed by atoms with E-state index in [1.165, 1.54) is 0 Å². The van der Waals surface area contributed by atoms with E-state index in [0.29, 0.717) is 36.0 Å². The number of hydrogen-bond donors (Lipinski definition) is 4. The van der Waals surface area contributed by atoms with Crippen molar-refractivity contribution in [3.63, 3.8) is 0 Å². The van der Waals surface area contributed by atoms with Crippen molar-refractivity contribution >= 4 is 23.4 Å². The number of nitrogens with one attached hydrogen (secondary N) is 3. The number of aromatic nitrogens is 4. The zero-order chi connectivity index (χ0) is 24.6. The maximum atomic E-state index is 14.5. The number of rotatable bonds is 6. The molecule has 0 atom stereocenters. The molecular weight excluding hydrogens is 449 g/mol. The number of piperidine rings is 1. The minimum Gasteiger partial charge on any atom is -0.390 e. The second-order valence-electron chi connectivity index (χ2n) is 9.94. The molecule has 5 rings (SSSR count). The number of pyridine rings is 1. The molecule has 2 aliphatic rings. The first kappa shape index (κ1) is 23.2. The first-order chi connectivity index (χ1) is 16.7. The summed E-state index contributed by atoms with van der Waals surface area (Å²) in [6.07, 6.45) is 6.48. The van der Waals surface area contributed by atoms with Gasteiger partial charge in [0.25, 0.3) is 5.91 Å². The lowest BCUT2D eigenvalue weighted by Gasteiger charge is -2.35. The van der Waals surface area contributed by atoms with Crippen molar-refractivity contribution in [2.24, 2.45) is 5.92 Å². The summed E-state index contributed by atoms with van der Waals surface area (Å²) in [5.41, 5.74) is 2.23. The third-order valence-electron chi connectivity index (χ3n) is 6.56. The Balaban J connectivity index is 1.26. The van der Waals surface area contributed by atoms with Crippen molar-refractivity contribution in [3.8, 4) is 11.4 Å². The number of carbonyl (C=O) groups is 1.